The molecule has 1 aromatic carbocycles. The van der Waals surface area contributed by atoms with E-state index in [-0.39, 0.29) is 0 Å². The van der Waals surface area contributed by atoms with Crippen molar-refractivity contribution in [3.8, 4) is 5.75 Å². The van der Waals surface area contributed by atoms with Gasteiger partial charge in [0.2, 0.25) is 0 Å². The zero-order valence-corrected chi connectivity index (χ0v) is 23.4. The summed E-state index contributed by atoms with van der Waals surface area (Å²) in [7, 11) is 1.75. The highest BCUT2D eigenvalue weighted by molar-refractivity contribution is 5.93. The summed E-state index contributed by atoms with van der Waals surface area (Å²) in [6, 6.07) is 23.2. The molecule has 0 atom stereocenters. The van der Waals surface area contributed by atoms with Crippen LogP contribution in [-0.2, 0) is 6.54 Å². The molecule has 0 aliphatic carbocycles. The fourth-order valence-corrected chi connectivity index (χ4v) is 5.46. The average Bonchev–Trinajstić information content (AvgIpc) is 3.75. The molecule has 0 amide bonds. The SMILES string of the molecule is CCCN(CCC)Cc1cc(C2=Cc3cc4ccc(cc5nc(cc6ccc(cc2n3)[nH]6)C=C5)[nH]4)ccc1OC. The largest absolute Gasteiger partial charge is 0.496 e. The summed E-state index contributed by atoms with van der Waals surface area (Å²) >= 11 is 0. The molecule has 0 saturated carbocycles. The number of hydrogen-bond donors (Lipinski definition) is 2. The molecule has 2 aliphatic rings. The molecule has 8 bridgehead atoms. The van der Waals surface area contributed by atoms with Gasteiger partial charge in [0, 0.05) is 39.7 Å². The number of aromatic amines is 2. The lowest BCUT2D eigenvalue weighted by molar-refractivity contribution is 0.262. The summed E-state index contributed by atoms with van der Waals surface area (Å²) in [5.74, 6) is 0.923. The van der Waals surface area contributed by atoms with E-state index < -0.39 is 0 Å². The third-order valence-corrected chi connectivity index (χ3v) is 7.23. The number of rotatable bonds is 8. The summed E-state index contributed by atoms with van der Waals surface area (Å²) in [5.41, 5.74) is 11.1. The number of nitrogens with zero attached hydrogens (tertiary/aromatic N) is 3. The number of hydrogen-bond acceptors (Lipinski definition) is 4. The third kappa shape index (κ3) is 5.63. The van der Waals surface area contributed by atoms with Gasteiger partial charge in [0.15, 0.2) is 0 Å². The highest BCUT2D eigenvalue weighted by Gasteiger charge is 2.16. The van der Waals surface area contributed by atoms with Crippen LogP contribution in [0, 0.1) is 0 Å². The molecule has 202 valence electrons. The molecule has 5 heterocycles. The van der Waals surface area contributed by atoms with E-state index in [1.54, 1.807) is 7.11 Å². The van der Waals surface area contributed by atoms with Crippen molar-refractivity contribution in [1.82, 2.24) is 24.8 Å². The number of benzene rings is 1. The molecule has 6 heteroatoms. The van der Waals surface area contributed by atoms with Crippen LogP contribution in [0.5, 0.6) is 5.75 Å². The Morgan fingerprint density at radius 3 is 1.90 bits per heavy atom. The van der Waals surface area contributed by atoms with E-state index >= 15 is 0 Å². The van der Waals surface area contributed by atoms with Crippen LogP contribution >= 0.6 is 0 Å². The molecular weight excluding hydrogens is 494 g/mol. The van der Waals surface area contributed by atoms with E-state index in [9.17, 15) is 0 Å². The van der Waals surface area contributed by atoms with Crippen molar-refractivity contribution in [2.75, 3.05) is 20.2 Å². The Kier molecular flexibility index (Phi) is 7.34. The lowest BCUT2D eigenvalue weighted by Gasteiger charge is -2.22. The van der Waals surface area contributed by atoms with Crippen LogP contribution < -0.4 is 4.74 Å². The molecule has 2 aliphatic heterocycles. The second-order valence-corrected chi connectivity index (χ2v) is 10.4. The predicted octanol–water partition coefficient (Wildman–Crippen LogP) is 7.70. The van der Waals surface area contributed by atoms with Crippen LogP contribution in [0.2, 0.25) is 0 Å². The van der Waals surface area contributed by atoms with E-state index in [2.05, 4.69) is 102 Å². The van der Waals surface area contributed by atoms with Gasteiger partial charge in [0.25, 0.3) is 0 Å². The second-order valence-electron chi connectivity index (χ2n) is 10.4. The Balaban J connectivity index is 1.49. The van der Waals surface area contributed by atoms with Crippen LogP contribution in [0.15, 0.2) is 66.7 Å². The van der Waals surface area contributed by atoms with E-state index in [1.165, 1.54) is 5.56 Å². The second kappa shape index (κ2) is 11.4. The summed E-state index contributed by atoms with van der Waals surface area (Å²) in [4.78, 5) is 19.3. The van der Waals surface area contributed by atoms with Gasteiger partial charge in [-0.25, -0.2) is 9.97 Å². The van der Waals surface area contributed by atoms with Crippen LogP contribution in [0.4, 0.5) is 0 Å². The number of methoxy groups -OCH3 is 1. The van der Waals surface area contributed by atoms with Crippen LogP contribution in [0.3, 0.4) is 0 Å². The first kappa shape index (κ1) is 25.8. The zero-order chi connectivity index (χ0) is 27.5. The summed E-state index contributed by atoms with van der Waals surface area (Å²) < 4.78 is 5.78. The normalized spacial score (nSPS) is 12.7. The third-order valence-electron chi connectivity index (χ3n) is 7.23. The van der Waals surface area contributed by atoms with Crippen molar-refractivity contribution in [3.05, 3.63) is 101 Å². The van der Waals surface area contributed by atoms with Crippen molar-refractivity contribution in [2.24, 2.45) is 0 Å². The summed E-state index contributed by atoms with van der Waals surface area (Å²) in [6.07, 6.45) is 8.51. The van der Waals surface area contributed by atoms with Crippen LogP contribution in [-0.4, -0.2) is 45.0 Å². The average molecular weight is 530 g/mol. The topological polar surface area (TPSA) is 69.8 Å². The number of nitrogens with one attached hydrogen (secondary N) is 2. The van der Waals surface area contributed by atoms with Crippen LogP contribution in [0.1, 0.15) is 60.6 Å². The first-order chi connectivity index (χ1) is 19.6. The maximum Gasteiger partial charge on any atom is 0.123 e. The van der Waals surface area contributed by atoms with Gasteiger partial charge in [-0.2, -0.15) is 0 Å². The minimum Gasteiger partial charge on any atom is -0.496 e. The molecule has 6 nitrogen and oxygen atoms in total. The van der Waals surface area contributed by atoms with Crippen molar-refractivity contribution in [2.45, 2.75) is 33.2 Å². The first-order valence-corrected chi connectivity index (χ1v) is 14.1. The molecule has 0 fully saturated rings. The Hall–Kier alpha value is -4.42. The minimum atomic E-state index is 0.861. The Labute approximate surface area is 235 Å². The minimum absolute atomic E-state index is 0.861. The Morgan fingerprint density at radius 1 is 0.700 bits per heavy atom. The lowest BCUT2D eigenvalue weighted by atomic mass is 9.99. The van der Waals surface area contributed by atoms with E-state index in [1.807, 2.05) is 12.2 Å². The smallest absolute Gasteiger partial charge is 0.123 e. The molecular formula is C34H35N5O. The Bertz CT molecular complexity index is 1750. The fraction of sp³-hybridized carbons (Fsp3) is 0.235. The highest BCUT2D eigenvalue weighted by atomic mass is 16.5. The number of ether oxygens (including phenoxy) is 1. The van der Waals surface area contributed by atoms with Gasteiger partial charge in [-0.15, -0.1) is 0 Å². The molecule has 0 unspecified atom stereocenters. The Morgan fingerprint density at radius 2 is 1.30 bits per heavy atom. The van der Waals surface area contributed by atoms with Crippen molar-refractivity contribution in [1.29, 1.82) is 0 Å². The van der Waals surface area contributed by atoms with Gasteiger partial charge in [-0.3, -0.25) is 4.90 Å². The molecule has 4 aromatic rings. The van der Waals surface area contributed by atoms with E-state index in [4.69, 9.17) is 14.7 Å². The van der Waals surface area contributed by atoms with Gasteiger partial charge in [-0.05, 0) is 110 Å². The lowest BCUT2D eigenvalue weighted by Crippen LogP contribution is -2.25. The molecule has 2 N–H and O–H groups in total. The van der Waals surface area contributed by atoms with Gasteiger partial charge in [0.1, 0.15) is 5.75 Å². The fourth-order valence-electron chi connectivity index (χ4n) is 5.46. The van der Waals surface area contributed by atoms with Crippen molar-refractivity contribution < 1.29 is 4.74 Å². The standard InChI is InChI=1S/C34H35N5O/c1-4-14-39(15-5-2)22-24-16-23(6-13-34(24)40-3)32-20-31-19-29-10-9-27(36-29)17-25-7-8-26(35-25)18-28-11-12-30(37-28)21-33(32)38-31/h6-13,16-21,36-37H,4-5,14-15,22H2,1-3H3. The highest BCUT2D eigenvalue weighted by Crippen LogP contribution is 2.32. The summed E-state index contributed by atoms with van der Waals surface area (Å²) in [5, 5.41) is 0. The predicted molar refractivity (Wildman–Crippen MR) is 166 cm³/mol. The van der Waals surface area contributed by atoms with Gasteiger partial charge in [0.05, 0.1) is 29.9 Å². The first-order valence-electron chi connectivity index (χ1n) is 14.1. The molecule has 40 heavy (non-hydrogen) atoms. The van der Waals surface area contributed by atoms with Crippen molar-refractivity contribution in [3.63, 3.8) is 0 Å². The molecule has 0 spiro atoms. The van der Waals surface area contributed by atoms with Gasteiger partial charge in [-0.1, -0.05) is 19.9 Å². The zero-order valence-electron chi connectivity index (χ0n) is 23.4. The molecule has 0 radical (unpaired) electrons. The maximum atomic E-state index is 5.78. The number of aromatic nitrogens is 4. The summed E-state index contributed by atoms with van der Waals surface area (Å²) in [6.45, 7) is 7.47. The van der Waals surface area contributed by atoms with Crippen LogP contribution in [0.25, 0.3) is 45.9 Å². The number of fused-ring (bicyclic) bond motifs is 8. The van der Waals surface area contributed by atoms with Gasteiger partial charge < -0.3 is 14.7 Å². The molecule has 3 aromatic heterocycles. The quantitative estimate of drug-likeness (QED) is 0.212. The van der Waals surface area contributed by atoms with E-state index in [0.29, 0.717) is 0 Å². The maximum absolute atomic E-state index is 5.78. The van der Waals surface area contributed by atoms with E-state index in [0.717, 1.165) is 94.2 Å². The molecule has 6 rings (SSSR count). The van der Waals surface area contributed by atoms with Crippen molar-refractivity contribution >= 4 is 45.9 Å². The molecule has 0 saturated heterocycles. The van der Waals surface area contributed by atoms with Gasteiger partial charge >= 0.3 is 0 Å². The monoisotopic (exact) mass is 529 g/mol. The number of H-pyrrole nitrogens is 2.